The maximum atomic E-state index is 10.0. The predicted octanol–water partition coefficient (Wildman–Crippen LogP) is 11.5. The summed E-state index contributed by atoms with van der Waals surface area (Å²) in [4.78, 5) is 0. The van der Waals surface area contributed by atoms with E-state index in [1.807, 2.05) is 12.1 Å². The lowest BCUT2D eigenvalue weighted by molar-refractivity contribution is 0.656. The van der Waals surface area contributed by atoms with E-state index in [-0.39, 0.29) is 5.92 Å². The summed E-state index contributed by atoms with van der Waals surface area (Å²) >= 11 is 0. The molecule has 0 spiro atoms. The van der Waals surface area contributed by atoms with Crippen LogP contribution in [0.25, 0.3) is 83.3 Å². The third-order valence-electron chi connectivity index (χ3n) is 9.94. The highest BCUT2D eigenvalue weighted by atomic mass is 16.3. The van der Waals surface area contributed by atoms with Crippen molar-refractivity contribution in [1.82, 2.24) is 4.57 Å². The quantitative estimate of drug-likeness (QED) is 0.202. The molecule has 0 amide bonds. The Morgan fingerprint density at radius 1 is 0.660 bits per heavy atom. The summed E-state index contributed by atoms with van der Waals surface area (Å²) in [5.41, 5.74) is 12.8. The number of para-hydroxylation sites is 1. The van der Waals surface area contributed by atoms with Crippen molar-refractivity contribution < 1.29 is 8.83 Å². The smallest absolute Gasteiger partial charge is 0.139 e. The summed E-state index contributed by atoms with van der Waals surface area (Å²) in [7, 11) is 0. The van der Waals surface area contributed by atoms with Gasteiger partial charge < -0.3 is 13.4 Å². The topological polar surface area (TPSA) is 55.0 Å². The predicted molar refractivity (Wildman–Crippen MR) is 192 cm³/mol. The van der Waals surface area contributed by atoms with Gasteiger partial charge in [0.1, 0.15) is 22.3 Å². The summed E-state index contributed by atoms with van der Waals surface area (Å²) in [5, 5.41) is 15.5. The molecule has 4 nitrogen and oxygen atoms in total. The Labute approximate surface area is 270 Å². The number of hydrogen-bond donors (Lipinski definition) is 0. The van der Waals surface area contributed by atoms with E-state index >= 15 is 0 Å². The summed E-state index contributed by atoms with van der Waals surface area (Å²) in [6.45, 7) is 0. The fourth-order valence-electron chi connectivity index (χ4n) is 7.72. The minimum Gasteiger partial charge on any atom is -0.456 e. The second kappa shape index (κ2) is 9.97. The first-order valence-corrected chi connectivity index (χ1v) is 16.2. The first kappa shape index (κ1) is 26.2. The second-order valence-corrected chi connectivity index (χ2v) is 12.6. The Balaban J connectivity index is 1.16. The van der Waals surface area contributed by atoms with Gasteiger partial charge in [-0.1, -0.05) is 85.0 Å². The van der Waals surface area contributed by atoms with Crippen molar-refractivity contribution in [3.8, 4) is 17.2 Å². The van der Waals surface area contributed by atoms with Crippen LogP contribution in [0, 0.1) is 17.2 Å². The fourth-order valence-corrected chi connectivity index (χ4v) is 7.72. The number of rotatable bonds is 3. The Morgan fingerprint density at radius 3 is 2.15 bits per heavy atom. The summed E-state index contributed by atoms with van der Waals surface area (Å²) < 4.78 is 15.2. The van der Waals surface area contributed by atoms with Crippen LogP contribution in [0.2, 0.25) is 0 Å². The molecule has 3 heterocycles. The van der Waals surface area contributed by atoms with Gasteiger partial charge in [0.15, 0.2) is 0 Å². The first-order valence-electron chi connectivity index (χ1n) is 16.2. The average Bonchev–Trinajstić information content (AvgIpc) is 3.79. The minimum atomic E-state index is -0.182. The molecule has 2 aliphatic rings. The number of aromatic nitrogens is 1. The van der Waals surface area contributed by atoms with Crippen LogP contribution in [0.3, 0.4) is 0 Å². The number of fused-ring (bicyclic) bond motifs is 9. The zero-order valence-electron chi connectivity index (χ0n) is 25.5. The van der Waals surface area contributed by atoms with E-state index in [2.05, 4.69) is 126 Å². The van der Waals surface area contributed by atoms with Crippen LogP contribution < -0.4 is 0 Å². The van der Waals surface area contributed by atoms with Gasteiger partial charge in [0, 0.05) is 55.5 Å². The van der Waals surface area contributed by atoms with Gasteiger partial charge >= 0.3 is 0 Å². The van der Waals surface area contributed by atoms with Crippen molar-refractivity contribution in [2.24, 2.45) is 5.92 Å². The van der Waals surface area contributed by atoms with Gasteiger partial charge in [0.25, 0.3) is 0 Å². The van der Waals surface area contributed by atoms with E-state index in [1.54, 1.807) is 0 Å². The van der Waals surface area contributed by atoms with E-state index in [9.17, 15) is 5.26 Å². The Kier molecular flexibility index (Phi) is 5.56. The number of hydrogen-bond acceptors (Lipinski definition) is 3. The molecule has 10 rings (SSSR count). The Hall–Kier alpha value is -6.05. The van der Waals surface area contributed by atoms with Gasteiger partial charge in [0.2, 0.25) is 0 Å². The number of benzene rings is 5. The molecule has 0 N–H and O–H groups in total. The SMILES string of the molecule is N#CC1C=C(c2ccc3oc4cc5oc6ccc(-c7ccccc7)cc6c5cc4c3c2)C(n2c3c(c4ccccc42)C=CCC3)=CC1. The van der Waals surface area contributed by atoms with Gasteiger partial charge in [-0.05, 0) is 72.4 Å². The highest BCUT2D eigenvalue weighted by Crippen LogP contribution is 2.43. The highest BCUT2D eigenvalue weighted by molar-refractivity contribution is 6.16. The van der Waals surface area contributed by atoms with Gasteiger partial charge in [-0.15, -0.1) is 0 Å². The molecule has 1 atom stereocenters. The van der Waals surface area contributed by atoms with Gasteiger partial charge in [0.05, 0.1) is 17.5 Å². The molecule has 0 saturated carbocycles. The molecule has 0 radical (unpaired) electrons. The Morgan fingerprint density at radius 2 is 1.36 bits per heavy atom. The van der Waals surface area contributed by atoms with E-state index in [0.717, 1.165) is 79.1 Å². The molecule has 5 aromatic carbocycles. The maximum Gasteiger partial charge on any atom is 0.139 e. The number of nitrogens with zero attached hydrogens (tertiary/aromatic N) is 2. The summed E-state index contributed by atoms with van der Waals surface area (Å²) in [6, 6.07) is 38.7. The molecule has 0 aliphatic heterocycles. The molecule has 47 heavy (non-hydrogen) atoms. The standard InChI is InChI=1S/C43H28N2O2/c44-25-26-14-17-39(45-37-12-6-4-10-30(37)31-11-5-7-13-38(31)45)32(20-26)29-16-19-41-34(22-29)36-23-35-33-21-28(27-8-2-1-3-9-27)15-18-40(33)46-42(35)24-43(36)47-41/h1-6,8-12,15-24,26H,7,13-14H2. The zero-order chi connectivity index (χ0) is 31.1. The van der Waals surface area contributed by atoms with Crippen LogP contribution >= 0.6 is 0 Å². The maximum absolute atomic E-state index is 10.0. The van der Waals surface area contributed by atoms with E-state index < -0.39 is 0 Å². The molecular weight excluding hydrogens is 576 g/mol. The second-order valence-electron chi connectivity index (χ2n) is 12.6. The third-order valence-corrected chi connectivity index (χ3v) is 9.94. The molecule has 8 aromatic rings. The molecule has 1 unspecified atom stereocenters. The third kappa shape index (κ3) is 3.93. The van der Waals surface area contributed by atoms with Crippen molar-refractivity contribution in [1.29, 1.82) is 5.26 Å². The van der Waals surface area contributed by atoms with E-state index in [0.29, 0.717) is 6.42 Å². The van der Waals surface area contributed by atoms with Gasteiger partial charge in [-0.3, -0.25) is 0 Å². The van der Waals surface area contributed by atoms with Crippen molar-refractivity contribution in [3.63, 3.8) is 0 Å². The van der Waals surface area contributed by atoms with Crippen LogP contribution in [0.4, 0.5) is 0 Å². The van der Waals surface area contributed by atoms with Crippen LogP contribution in [-0.2, 0) is 6.42 Å². The molecule has 4 heteroatoms. The number of furan rings is 2. The Bertz CT molecular complexity index is 2720. The van der Waals surface area contributed by atoms with Gasteiger partial charge in [-0.25, -0.2) is 0 Å². The summed E-state index contributed by atoms with van der Waals surface area (Å²) in [6.07, 6.45) is 11.7. The molecule has 2 aliphatic carbocycles. The van der Waals surface area contributed by atoms with Crippen LogP contribution in [0.5, 0.6) is 0 Å². The van der Waals surface area contributed by atoms with E-state index in [1.165, 1.54) is 27.7 Å². The van der Waals surface area contributed by atoms with Crippen molar-refractivity contribution in [2.45, 2.75) is 19.3 Å². The lowest BCUT2D eigenvalue weighted by Gasteiger charge is -2.23. The zero-order valence-corrected chi connectivity index (χ0v) is 25.5. The average molecular weight is 605 g/mol. The lowest BCUT2D eigenvalue weighted by atomic mass is 9.89. The molecule has 0 fully saturated rings. The van der Waals surface area contributed by atoms with Crippen LogP contribution in [0.1, 0.15) is 29.7 Å². The fraction of sp³-hybridized carbons (Fsp3) is 0.0930. The van der Waals surface area contributed by atoms with Crippen molar-refractivity contribution in [3.05, 3.63) is 138 Å². The first-order chi connectivity index (χ1) is 23.2. The van der Waals surface area contributed by atoms with E-state index in [4.69, 9.17) is 8.83 Å². The highest BCUT2D eigenvalue weighted by Gasteiger charge is 2.25. The number of nitriles is 1. The summed E-state index contributed by atoms with van der Waals surface area (Å²) in [5.74, 6) is -0.182. The molecule has 222 valence electrons. The van der Waals surface area contributed by atoms with Crippen LogP contribution in [0.15, 0.2) is 130 Å². The van der Waals surface area contributed by atoms with Crippen molar-refractivity contribution in [2.75, 3.05) is 0 Å². The largest absolute Gasteiger partial charge is 0.456 e. The lowest BCUT2D eigenvalue weighted by Crippen LogP contribution is -2.11. The van der Waals surface area contributed by atoms with Crippen LogP contribution in [-0.4, -0.2) is 4.57 Å². The van der Waals surface area contributed by atoms with Crippen molar-refractivity contribution >= 4 is 72.1 Å². The molecule has 0 bridgehead atoms. The normalized spacial score (nSPS) is 16.2. The molecule has 3 aromatic heterocycles. The monoisotopic (exact) mass is 604 g/mol. The minimum absolute atomic E-state index is 0.182. The van der Waals surface area contributed by atoms with Gasteiger partial charge in [-0.2, -0.15) is 5.26 Å². The number of allylic oxidation sites excluding steroid dienone is 5. The molecular formula is C43H28N2O2. The molecule has 0 saturated heterocycles.